The molecule has 0 radical (unpaired) electrons. The number of pyridine rings is 1. The van der Waals surface area contributed by atoms with E-state index in [2.05, 4.69) is 25.9 Å². The molecule has 3 aromatic rings. The van der Waals surface area contributed by atoms with Crippen LogP contribution in [0.4, 0.5) is 0 Å². The number of aryl methyl sites for hydroxylation is 1. The lowest BCUT2D eigenvalue weighted by atomic mass is 10.2. The van der Waals surface area contributed by atoms with Crippen molar-refractivity contribution in [3.63, 3.8) is 0 Å². The van der Waals surface area contributed by atoms with Crippen LogP contribution in [0.3, 0.4) is 0 Å². The monoisotopic (exact) mass is 303 g/mol. The van der Waals surface area contributed by atoms with Gasteiger partial charge in [0.2, 0.25) is 0 Å². The van der Waals surface area contributed by atoms with Gasteiger partial charge in [-0.15, -0.1) is 0 Å². The van der Waals surface area contributed by atoms with Crippen LogP contribution in [0.2, 0.25) is 0 Å². The molecule has 0 aliphatic rings. The van der Waals surface area contributed by atoms with E-state index in [1.54, 1.807) is 10.8 Å². The number of rotatable bonds is 1. The minimum absolute atomic E-state index is 0.150. The largest absolute Gasteiger partial charge is 0.331 e. The SMILES string of the molecule is Cc1cccc2[nH]c(=O)n(-c3ccc(Br)nc3)c12. The van der Waals surface area contributed by atoms with Crippen molar-refractivity contribution in [2.45, 2.75) is 6.92 Å². The summed E-state index contributed by atoms with van der Waals surface area (Å²) in [6.45, 7) is 1.98. The van der Waals surface area contributed by atoms with Crippen molar-refractivity contribution in [1.82, 2.24) is 14.5 Å². The Balaban J connectivity index is 2.38. The lowest BCUT2D eigenvalue weighted by Gasteiger charge is -2.04. The molecule has 4 nitrogen and oxygen atoms in total. The highest BCUT2D eigenvalue weighted by molar-refractivity contribution is 9.10. The lowest BCUT2D eigenvalue weighted by molar-refractivity contribution is 0.997. The molecular formula is C13H10BrN3O. The Kier molecular flexibility index (Phi) is 2.56. The molecule has 3 rings (SSSR count). The molecule has 0 aliphatic carbocycles. The third-order valence-electron chi connectivity index (χ3n) is 2.88. The van der Waals surface area contributed by atoms with Gasteiger partial charge in [-0.05, 0) is 46.6 Å². The molecule has 1 N–H and O–H groups in total. The fraction of sp³-hybridized carbons (Fsp3) is 0.0769. The molecule has 2 heterocycles. The van der Waals surface area contributed by atoms with E-state index in [0.29, 0.717) is 0 Å². The number of hydrogen-bond donors (Lipinski definition) is 1. The summed E-state index contributed by atoms with van der Waals surface area (Å²) < 4.78 is 2.39. The van der Waals surface area contributed by atoms with E-state index in [-0.39, 0.29) is 5.69 Å². The van der Waals surface area contributed by atoms with Crippen LogP contribution >= 0.6 is 15.9 Å². The van der Waals surface area contributed by atoms with Crippen molar-refractivity contribution in [2.24, 2.45) is 0 Å². The van der Waals surface area contributed by atoms with E-state index >= 15 is 0 Å². The summed E-state index contributed by atoms with van der Waals surface area (Å²) in [5, 5.41) is 0. The van der Waals surface area contributed by atoms with Crippen molar-refractivity contribution in [1.29, 1.82) is 0 Å². The first-order valence-corrected chi connectivity index (χ1v) is 6.28. The number of benzene rings is 1. The quantitative estimate of drug-likeness (QED) is 0.703. The molecule has 0 saturated heterocycles. The van der Waals surface area contributed by atoms with Gasteiger partial charge in [-0.3, -0.25) is 4.57 Å². The summed E-state index contributed by atoms with van der Waals surface area (Å²) in [7, 11) is 0. The number of nitrogens with zero attached hydrogens (tertiary/aromatic N) is 2. The van der Waals surface area contributed by atoms with Crippen LogP contribution in [-0.4, -0.2) is 14.5 Å². The molecule has 90 valence electrons. The van der Waals surface area contributed by atoms with Crippen LogP contribution < -0.4 is 5.69 Å². The molecule has 0 fully saturated rings. The van der Waals surface area contributed by atoms with Crippen LogP contribution in [0.15, 0.2) is 45.9 Å². The summed E-state index contributed by atoms with van der Waals surface area (Å²) in [5.74, 6) is 0. The zero-order valence-electron chi connectivity index (χ0n) is 9.64. The Morgan fingerprint density at radius 2 is 2.11 bits per heavy atom. The molecule has 0 amide bonds. The number of para-hydroxylation sites is 1. The third-order valence-corrected chi connectivity index (χ3v) is 3.35. The maximum absolute atomic E-state index is 12.0. The van der Waals surface area contributed by atoms with Crippen molar-refractivity contribution < 1.29 is 0 Å². The van der Waals surface area contributed by atoms with Gasteiger partial charge < -0.3 is 4.98 Å². The molecule has 1 aromatic carbocycles. The average molecular weight is 304 g/mol. The Labute approximate surface area is 111 Å². The highest BCUT2D eigenvalue weighted by Crippen LogP contribution is 2.19. The normalized spacial score (nSPS) is 11.0. The van der Waals surface area contributed by atoms with E-state index in [1.807, 2.05) is 37.3 Å². The van der Waals surface area contributed by atoms with Gasteiger partial charge in [0.1, 0.15) is 4.60 Å². The summed E-state index contributed by atoms with van der Waals surface area (Å²) in [6, 6.07) is 9.49. The Morgan fingerprint density at radius 3 is 2.83 bits per heavy atom. The lowest BCUT2D eigenvalue weighted by Crippen LogP contribution is -2.15. The number of fused-ring (bicyclic) bond motifs is 1. The second-order valence-electron chi connectivity index (χ2n) is 4.08. The van der Waals surface area contributed by atoms with Crippen molar-refractivity contribution in [2.75, 3.05) is 0 Å². The number of imidazole rings is 1. The summed E-state index contributed by atoms with van der Waals surface area (Å²) in [4.78, 5) is 19.0. The molecule has 5 heteroatoms. The molecule has 2 aromatic heterocycles. The Hall–Kier alpha value is -1.88. The van der Waals surface area contributed by atoms with Gasteiger partial charge in [0.25, 0.3) is 0 Å². The number of hydrogen-bond acceptors (Lipinski definition) is 2. The fourth-order valence-corrected chi connectivity index (χ4v) is 2.31. The van der Waals surface area contributed by atoms with Crippen molar-refractivity contribution in [3.8, 4) is 5.69 Å². The molecule has 18 heavy (non-hydrogen) atoms. The third kappa shape index (κ3) is 1.67. The molecule has 0 spiro atoms. The predicted molar refractivity (Wildman–Crippen MR) is 74.1 cm³/mol. The number of aromatic amines is 1. The number of nitrogens with one attached hydrogen (secondary N) is 1. The Morgan fingerprint density at radius 1 is 1.28 bits per heavy atom. The number of aromatic nitrogens is 3. The van der Waals surface area contributed by atoms with E-state index in [1.165, 1.54) is 0 Å². The first kappa shape index (κ1) is 11.2. The summed E-state index contributed by atoms with van der Waals surface area (Å²) in [5.41, 5.74) is 3.38. The van der Waals surface area contributed by atoms with E-state index in [0.717, 1.165) is 26.9 Å². The van der Waals surface area contributed by atoms with Gasteiger partial charge in [-0.25, -0.2) is 9.78 Å². The second kappa shape index (κ2) is 4.10. The zero-order valence-corrected chi connectivity index (χ0v) is 11.2. The van der Waals surface area contributed by atoms with Crippen LogP contribution in [0, 0.1) is 6.92 Å². The van der Waals surface area contributed by atoms with Gasteiger partial charge >= 0.3 is 5.69 Å². The molecule has 0 saturated carbocycles. The molecular weight excluding hydrogens is 294 g/mol. The molecule has 0 aliphatic heterocycles. The molecule has 0 unspecified atom stereocenters. The van der Waals surface area contributed by atoms with Crippen LogP contribution in [-0.2, 0) is 0 Å². The van der Waals surface area contributed by atoms with Crippen LogP contribution in [0.25, 0.3) is 16.7 Å². The zero-order chi connectivity index (χ0) is 12.7. The average Bonchev–Trinajstić information content (AvgIpc) is 2.68. The maximum atomic E-state index is 12.0. The molecule has 0 bridgehead atoms. The standard InChI is InChI=1S/C13H10BrN3O/c1-8-3-2-4-10-12(8)17(13(18)16-10)9-5-6-11(14)15-7-9/h2-7H,1H3,(H,16,18). The first-order valence-electron chi connectivity index (χ1n) is 5.49. The number of halogens is 1. The molecule has 0 atom stereocenters. The van der Waals surface area contributed by atoms with E-state index in [4.69, 9.17) is 0 Å². The maximum Gasteiger partial charge on any atom is 0.331 e. The first-order chi connectivity index (χ1) is 8.66. The smallest absolute Gasteiger partial charge is 0.305 e. The van der Waals surface area contributed by atoms with Gasteiger partial charge in [0, 0.05) is 0 Å². The fourth-order valence-electron chi connectivity index (χ4n) is 2.08. The highest BCUT2D eigenvalue weighted by atomic mass is 79.9. The van der Waals surface area contributed by atoms with Crippen LogP contribution in [0.1, 0.15) is 5.56 Å². The van der Waals surface area contributed by atoms with Gasteiger partial charge in [0.15, 0.2) is 0 Å². The summed E-state index contributed by atoms with van der Waals surface area (Å²) in [6.07, 6.45) is 1.67. The summed E-state index contributed by atoms with van der Waals surface area (Å²) >= 11 is 3.29. The van der Waals surface area contributed by atoms with Crippen LogP contribution in [0.5, 0.6) is 0 Å². The second-order valence-corrected chi connectivity index (χ2v) is 4.89. The van der Waals surface area contributed by atoms with E-state index < -0.39 is 0 Å². The highest BCUT2D eigenvalue weighted by Gasteiger charge is 2.10. The Bertz CT molecular complexity index is 771. The predicted octanol–water partition coefficient (Wildman–Crippen LogP) is 2.78. The van der Waals surface area contributed by atoms with E-state index in [9.17, 15) is 4.79 Å². The topological polar surface area (TPSA) is 50.7 Å². The van der Waals surface area contributed by atoms with Gasteiger partial charge in [-0.1, -0.05) is 12.1 Å². The van der Waals surface area contributed by atoms with Crippen molar-refractivity contribution in [3.05, 3.63) is 57.2 Å². The minimum Gasteiger partial charge on any atom is -0.305 e. The van der Waals surface area contributed by atoms with Gasteiger partial charge in [0.05, 0.1) is 22.9 Å². The minimum atomic E-state index is -0.150. The van der Waals surface area contributed by atoms with Gasteiger partial charge in [-0.2, -0.15) is 0 Å². The number of H-pyrrole nitrogens is 1. The van der Waals surface area contributed by atoms with Crippen molar-refractivity contribution >= 4 is 27.0 Å².